The monoisotopic (exact) mass is 277 g/mol. The highest BCUT2D eigenvalue weighted by molar-refractivity contribution is 7.21. The molecule has 0 aromatic heterocycles. The second-order valence-corrected chi connectivity index (χ2v) is 4.90. The normalized spacial score (nSPS) is 11.7. The van der Waals surface area contributed by atoms with Crippen molar-refractivity contribution in [1.82, 2.24) is 4.98 Å². The molecule has 1 aromatic carbocycles. The Bertz CT molecular complexity index is 736. The predicted molar refractivity (Wildman–Crippen MR) is 79.4 cm³/mol. The van der Waals surface area contributed by atoms with E-state index in [1.807, 2.05) is 30.3 Å². The van der Waals surface area contributed by atoms with E-state index in [4.69, 9.17) is 5.73 Å². The summed E-state index contributed by atoms with van der Waals surface area (Å²) in [6, 6.07) is 11.8. The summed E-state index contributed by atoms with van der Waals surface area (Å²) in [6.07, 6.45) is 0. The van der Waals surface area contributed by atoms with Gasteiger partial charge < -0.3 is 5.73 Å². The third-order valence-corrected chi connectivity index (χ3v) is 3.74. The van der Waals surface area contributed by atoms with E-state index in [0.29, 0.717) is 0 Å². The molecule has 92 valence electrons. The number of nitrogens with two attached hydrogens (primary N) is 1. The molecule has 1 aliphatic heterocycles. The van der Waals surface area contributed by atoms with Crippen LogP contribution in [0.5, 0.6) is 0 Å². The van der Waals surface area contributed by atoms with Gasteiger partial charge in [0.2, 0.25) is 0 Å². The summed E-state index contributed by atoms with van der Waals surface area (Å²) in [7, 11) is 1.79. The maximum absolute atomic E-state index is 5.78. The summed E-state index contributed by atoms with van der Waals surface area (Å²) in [4.78, 5) is 9.91. The third-order valence-electron chi connectivity index (χ3n) is 2.65. The van der Waals surface area contributed by atoms with Crippen LogP contribution in [0.1, 0.15) is 0 Å². The Hall–Kier alpha value is -1.65. The summed E-state index contributed by atoms with van der Waals surface area (Å²) in [5.41, 5.74) is 8.54. The number of nitrogens with zero attached hydrogens (tertiary/aromatic N) is 2. The average Bonchev–Trinajstić information content (AvgIpc) is 2.35. The van der Waals surface area contributed by atoms with Crippen molar-refractivity contribution in [2.24, 2.45) is 4.99 Å². The van der Waals surface area contributed by atoms with Gasteiger partial charge in [0.15, 0.2) is 0 Å². The first-order valence-corrected chi connectivity index (χ1v) is 6.11. The first kappa shape index (κ1) is 12.8. The number of benzene rings is 2. The molecule has 0 unspecified atom stereocenters. The van der Waals surface area contributed by atoms with Crippen molar-refractivity contribution in [3.05, 3.63) is 41.8 Å². The molecule has 18 heavy (non-hydrogen) atoms. The Kier molecular flexibility index (Phi) is 3.50. The fourth-order valence-electron chi connectivity index (χ4n) is 1.77. The first-order chi connectivity index (χ1) is 8.26. The van der Waals surface area contributed by atoms with Gasteiger partial charge in [-0.3, -0.25) is 4.99 Å². The number of hydrogen-bond acceptors (Lipinski definition) is 4. The van der Waals surface area contributed by atoms with Crippen LogP contribution in [-0.2, 0) is 0 Å². The maximum Gasteiger partial charge on any atom is 0.0811 e. The first-order valence-electron chi connectivity index (χ1n) is 5.29. The molecule has 2 N–H and O–H groups in total. The molecule has 3 rings (SSSR count). The summed E-state index contributed by atoms with van der Waals surface area (Å²) in [5, 5.41) is 0.971. The van der Waals surface area contributed by atoms with E-state index < -0.39 is 0 Å². The number of halogens is 1. The summed E-state index contributed by atoms with van der Waals surface area (Å²) >= 11 is 1.69. The molecule has 1 heterocycles. The topological polar surface area (TPSA) is 51.3 Å². The van der Waals surface area contributed by atoms with Crippen LogP contribution in [0, 0.1) is 0 Å². The number of aromatic nitrogens is 1. The highest BCUT2D eigenvalue weighted by Crippen LogP contribution is 2.30. The highest BCUT2D eigenvalue weighted by Gasteiger charge is 2.06. The molecule has 0 saturated heterocycles. The minimum absolute atomic E-state index is 0. The molecule has 2 aliphatic rings. The number of nitrogen functional groups attached to an aromatic ring is 1. The van der Waals surface area contributed by atoms with Crippen molar-refractivity contribution in [2.45, 2.75) is 0 Å². The van der Waals surface area contributed by atoms with Crippen molar-refractivity contribution in [3.8, 4) is 10.6 Å². The largest absolute Gasteiger partial charge is 0.399 e. The van der Waals surface area contributed by atoms with Crippen LogP contribution in [0.3, 0.4) is 0 Å². The zero-order valence-electron chi connectivity index (χ0n) is 9.75. The van der Waals surface area contributed by atoms with Crippen molar-refractivity contribution in [1.29, 1.82) is 0 Å². The fraction of sp³-hybridized carbons (Fsp3) is 0.0769. The zero-order chi connectivity index (χ0) is 11.8. The van der Waals surface area contributed by atoms with Gasteiger partial charge >= 0.3 is 0 Å². The van der Waals surface area contributed by atoms with Gasteiger partial charge in [0.1, 0.15) is 0 Å². The Morgan fingerprint density at radius 2 is 2.00 bits per heavy atom. The standard InChI is InChI=1S/C13H11N3S.ClH/c1-15-9-3-5-11-13(7-9)17-12-6-8(14)2-4-10(12)16-11;/h2-7H,14H2,1H3;1H. The van der Waals surface area contributed by atoms with Gasteiger partial charge in [-0.25, -0.2) is 4.98 Å². The lowest BCUT2D eigenvalue weighted by Crippen LogP contribution is -2.00. The molecular formula is C13H12ClN3S. The van der Waals surface area contributed by atoms with Crippen LogP contribution in [0.15, 0.2) is 41.4 Å². The summed E-state index contributed by atoms with van der Waals surface area (Å²) in [6.45, 7) is 0. The number of fused-ring (bicyclic) bond motifs is 2. The van der Waals surface area contributed by atoms with Gasteiger partial charge in [-0.15, -0.1) is 23.7 Å². The molecule has 0 spiro atoms. The lowest BCUT2D eigenvalue weighted by atomic mass is 10.2. The molecule has 3 nitrogen and oxygen atoms in total. The van der Waals surface area contributed by atoms with Crippen LogP contribution in [0.2, 0.25) is 0 Å². The Morgan fingerprint density at radius 1 is 1.17 bits per heavy atom. The Balaban J connectivity index is 0.00000120. The summed E-state index contributed by atoms with van der Waals surface area (Å²) in [5.74, 6) is 0. The van der Waals surface area contributed by atoms with Gasteiger partial charge in [-0.05, 0) is 36.4 Å². The fourth-order valence-corrected chi connectivity index (χ4v) is 2.82. The molecule has 1 aromatic rings. The van der Waals surface area contributed by atoms with Crippen molar-refractivity contribution in [2.75, 3.05) is 12.8 Å². The van der Waals surface area contributed by atoms with E-state index in [2.05, 4.69) is 16.0 Å². The highest BCUT2D eigenvalue weighted by atomic mass is 35.5. The van der Waals surface area contributed by atoms with Gasteiger partial charge in [0.05, 0.1) is 26.1 Å². The minimum atomic E-state index is 0. The van der Waals surface area contributed by atoms with Crippen LogP contribution >= 0.6 is 23.7 Å². The number of rotatable bonds is 0. The molecule has 0 radical (unpaired) electrons. The Labute approximate surface area is 115 Å². The van der Waals surface area contributed by atoms with E-state index in [-0.39, 0.29) is 12.4 Å². The maximum atomic E-state index is 5.78. The van der Waals surface area contributed by atoms with Crippen LogP contribution in [0.25, 0.3) is 20.8 Å². The van der Waals surface area contributed by atoms with E-state index in [1.54, 1.807) is 18.4 Å². The van der Waals surface area contributed by atoms with Crippen molar-refractivity contribution in [3.63, 3.8) is 0 Å². The quantitative estimate of drug-likeness (QED) is 0.507. The van der Waals surface area contributed by atoms with Crippen LogP contribution < -0.4 is 11.1 Å². The molecule has 0 atom stereocenters. The molecule has 0 bridgehead atoms. The second kappa shape index (κ2) is 4.92. The molecular weight excluding hydrogens is 266 g/mol. The lowest BCUT2D eigenvalue weighted by molar-refractivity contribution is 1.26. The average molecular weight is 278 g/mol. The molecule has 0 saturated carbocycles. The second-order valence-electron chi connectivity index (χ2n) is 3.82. The SMILES string of the molecule is CN=c1ccc2nc3ccc(N)cc3sc-2c1.Cl. The molecule has 5 heteroatoms. The van der Waals surface area contributed by atoms with Gasteiger partial charge in [0, 0.05) is 12.7 Å². The van der Waals surface area contributed by atoms with Gasteiger partial charge in [-0.2, -0.15) is 0 Å². The minimum Gasteiger partial charge on any atom is -0.399 e. The zero-order valence-corrected chi connectivity index (χ0v) is 11.4. The van der Waals surface area contributed by atoms with Crippen molar-refractivity contribution < 1.29 is 0 Å². The summed E-state index contributed by atoms with van der Waals surface area (Å²) < 4.78 is 1.10. The van der Waals surface area contributed by atoms with Crippen molar-refractivity contribution >= 4 is 39.6 Å². The van der Waals surface area contributed by atoms with Crippen LogP contribution in [0.4, 0.5) is 5.69 Å². The molecule has 0 amide bonds. The predicted octanol–water partition coefficient (Wildman–Crippen LogP) is 2.94. The number of hydrogen-bond donors (Lipinski definition) is 1. The van der Waals surface area contributed by atoms with E-state index in [0.717, 1.165) is 31.8 Å². The van der Waals surface area contributed by atoms with Gasteiger partial charge in [0.25, 0.3) is 0 Å². The molecule has 1 aliphatic carbocycles. The number of anilines is 1. The Morgan fingerprint density at radius 3 is 2.78 bits per heavy atom. The third kappa shape index (κ3) is 2.17. The smallest absolute Gasteiger partial charge is 0.0811 e. The molecule has 0 fully saturated rings. The van der Waals surface area contributed by atoms with E-state index in [1.165, 1.54) is 0 Å². The lowest BCUT2D eigenvalue weighted by Gasteiger charge is -2.06. The van der Waals surface area contributed by atoms with Gasteiger partial charge in [-0.1, -0.05) is 0 Å². The van der Waals surface area contributed by atoms with E-state index >= 15 is 0 Å². The van der Waals surface area contributed by atoms with E-state index in [9.17, 15) is 0 Å². The van der Waals surface area contributed by atoms with Crippen LogP contribution in [-0.4, -0.2) is 12.0 Å².